The summed E-state index contributed by atoms with van der Waals surface area (Å²) < 4.78 is 15.8. The first kappa shape index (κ1) is 16.8. The lowest BCUT2D eigenvalue weighted by Crippen LogP contribution is -2.30. The Morgan fingerprint density at radius 1 is 1.19 bits per heavy atom. The molecule has 1 aromatic rings. The summed E-state index contributed by atoms with van der Waals surface area (Å²) in [5.74, 6) is 0.177. The van der Waals surface area contributed by atoms with Crippen LogP contribution in [0, 0.1) is 0 Å². The van der Waals surface area contributed by atoms with Crippen LogP contribution in [0.3, 0.4) is 0 Å². The molecule has 1 atom stereocenters. The van der Waals surface area contributed by atoms with Crippen molar-refractivity contribution in [1.82, 2.24) is 0 Å². The Hall–Kier alpha value is -2.24. The highest BCUT2D eigenvalue weighted by atomic mass is 16.5. The second kappa shape index (κ2) is 8.84. The number of amides is 1. The van der Waals surface area contributed by atoms with Gasteiger partial charge in [-0.1, -0.05) is 12.1 Å². The van der Waals surface area contributed by atoms with Gasteiger partial charge in [-0.05, 0) is 32.4 Å². The molecule has 1 amide bonds. The van der Waals surface area contributed by atoms with Crippen molar-refractivity contribution in [2.45, 2.75) is 32.8 Å². The maximum absolute atomic E-state index is 11.4. The van der Waals surface area contributed by atoms with E-state index in [4.69, 9.17) is 19.9 Å². The Morgan fingerprint density at radius 3 is 2.38 bits per heavy atom. The molecule has 0 spiro atoms. The predicted octanol–water partition coefficient (Wildman–Crippen LogP) is 1.66. The zero-order valence-corrected chi connectivity index (χ0v) is 12.3. The maximum atomic E-state index is 11.4. The lowest BCUT2D eigenvalue weighted by molar-refractivity contribution is -0.153. The maximum Gasteiger partial charge on any atom is 0.306 e. The zero-order valence-electron chi connectivity index (χ0n) is 12.3. The van der Waals surface area contributed by atoms with E-state index >= 15 is 0 Å². The Kier molecular flexibility index (Phi) is 7.08. The summed E-state index contributed by atoms with van der Waals surface area (Å²) in [7, 11) is 0. The fourth-order valence-corrected chi connectivity index (χ4v) is 1.56. The van der Waals surface area contributed by atoms with Crippen LogP contribution >= 0.6 is 0 Å². The number of hydrogen-bond acceptors (Lipinski definition) is 5. The lowest BCUT2D eigenvalue weighted by atomic mass is 10.3. The van der Waals surface area contributed by atoms with Crippen LogP contribution in [0.25, 0.3) is 0 Å². The number of benzene rings is 1. The van der Waals surface area contributed by atoms with Crippen LogP contribution in [-0.2, 0) is 14.3 Å². The molecule has 0 aliphatic carbocycles. The van der Waals surface area contributed by atoms with Crippen LogP contribution in [0.4, 0.5) is 0 Å². The van der Waals surface area contributed by atoms with Crippen LogP contribution in [0.1, 0.15) is 26.7 Å². The Morgan fingerprint density at radius 2 is 1.81 bits per heavy atom. The number of hydrogen-bond donors (Lipinski definition) is 1. The summed E-state index contributed by atoms with van der Waals surface area (Å²) in [5.41, 5.74) is 5.01. The monoisotopic (exact) mass is 295 g/mol. The largest absolute Gasteiger partial charge is 0.490 e. The molecule has 6 heteroatoms. The molecule has 21 heavy (non-hydrogen) atoms. The molecule has 0 saturated carbocycles. The smallest absolute Gasteiger partial charge is 0.306 e. The number of esters is 1. The zero-order chi connectivity index (χ0) is 15.7. The topological polar surface area (TPSA) is 87.8 Å². The van der Waals surface area contributed by atoms with Gasteiger partial charge in [-0.25, -0.2) is 0 Å². The van der Waals surface area contributed by atoms with E-state index in [1.165, 1.54) is 6.92 Å². The third-order valence-corrected chi connectivity index (χ3v) is 2.64. The molecule has 0 aliphatic heterocycles. The van der Waals surface area contributed by atoms with Gasteiger partial charge in [0.1, 0.15) is 0 Å². The van der Waals surface area contributed by atoms with E-state index in [1.54, 1.807) is 6.07 Å². The third kappa shape index (κ3) is 6.16. The molecule has 0 radical (unpaired) electrons. The highest BCUT2D eigenvalue weighted by Gasteiger charge is 2.14. The molecule has 2 N–H and O–H groups in total. The number of carbonyl (C=O) groups excluding carboxylic acids is 2. The van der Waals surface area contributed by atoms with Crippen molar-refractivity contribution < 1.29 is 23.8 Å². The highest BCUT2D eigenvalue weighted by molar-refractivity contribution is 5.81. The lowest BCUT2D eigenvalue weighted by Gasteiger charge is -2.12. The third-order valence-electron chi connectivity index (χ3n) is 2.64. The molecule has 0 unspecified atom stereocenters. The van der Waals surface area contributed by atoms with Gasteiger partial charge in [-0.2, -0.15) is 0 Å². The summed E-state index contributed by atoms with van der Waals surface area (Å²) in [6.07, 6.45) is -0.267. The van der Waals surface area contributed by atoms with Crippen molar-refractivity contribution in [1.29, 1.82) is 0 Å². The summed E-state index contributed by atoms with van der Waals surface area (Å²) in [4.78, 5) is 22.2. The number of para-hydroxylation sites is 2. The predicted molar refractivity (Wildman–Crippen MR) is 77.1 cm³/mol. The summed E-state index contributed by atoms with van der Waals surface area (Å²) in [5, 5.41) is 0. The number of ether oxygens (including phenoxy) is 3. The molecule has 0 heterocycles. The van der Waals surface area contributed by atoms with Crippen LogP contribution in [0.15, 0.2) is 24.3 Å². The van der Waals surface area contributed by atoms with E-state index < -0.39 is 18.0 Å². The van der Waals surface area contributed by atoms with Gasteiger partial charge in [0.15, 0.2) is 17.6 Å². The molecule has 1 rings (SSSR count). The molecule has 0 aromatic heterocycles. The fraction of sp³-hybridized carbons (Fsp3) is 0.467. The Labute approximate surface area is 124 Å². The molecule has 116 valence electrons. The van der Waals surface area contributed by atoms with Gasteiger partial charge in [0.25, 0.3) is 5.91 Å². The van der Waals surface area contributed by atoms with Crippen LogP contribution in [-0.4, -0.2) is 31.2 Å². The number of rotatable bonds is 9. The minimum Gasteiger partial charge on any atom is -0.490 e. The normalized spacial score (nSPS) is 11.5. The van der Waals surface area contributed by atoms with Gasteiger partial charge < -0.3 is 19.9 Å². The molecule has 6 nitrogen and oxygen atoms in total. The second-order valence-corrected chi connectivity index (χ2v) is 4.37. The van der Waals surface area contributed by atoms with Gasteiger partial charge in [-0.15, -0.1) is 0 Å². The summed E-state index contributed by atoms with van der Waals surface area (Å²) in [6.45, 7) is 4.24. The average molecular weight is 295 g/mol. The van der Waals surface area contributed by atoms with Gasteiger partial charge in [-0.3, -0.25) is 9.59 Å². The van der Waals surface area contributed by atoms with E-state index in [-0.39, 0.29) is 6.42 Å². The van der Waals surface area contributed by atoms with Gasteiger partial charge in [0, 0.05) is 6.42 Å². The van der Waals surface area contributed by atoms with Crippen molar-refractivity contribution >= 4 is 11.9 Å². The van der Waals surface area contributed by atoms with E-state index in [0.29, 0.717) is 31.1 Å². The highest BCUT2D eigenvalue weighted by Crippen LogP contribution is 2.26. The Bertz CT molecular complexity index is 475. The van der Waals surface area contributed by atoms with E-state index in [9.17, 15) is 9.59 Å². The molecule has 0 fully saturated rings. The first-order chi connectivity index (χ1) is 10.0. The van der Waals surface area contributed by atoms with Gasteiger partial charge in [0.2, 0.25) is 0 Å². The quantitative estimate of drug-likeness (QED) is 0.553. The molecule has 0 aliphatic rings. The van der Waals surface area contributed by atoms with Crippen molar-refractivity contribution in [2.24, 2.45) is 5.73 Å². The van der Waals surface area contributed by atoms with Gasteiger partial charge >= 0.3 is 5.97 Å². The first-order valence-electron chi connectivity index (χ1n) is 6.88. The molecular weight excluding hydrogens is 274 g/mol. The average Bonchev–Trinajstić information content (AvgIpc) is 2.45. The van der Waals surface area contributed by atoms with E-state index in [1.807, 2.05) is 25.1 Å². The van der Waals surface area contributed by atoms with E-state index in [0.717, 1.165) is 0 Å². The fourth-order valence-electron chi connectivity index (χ4n) is 1.56. The molecule has 0 bridgehead atoms. The molecule has 1 aromatic carbocycles. The van der Waals surface area contributed by atoms with Crippen molar-refractivity contribution in [2.75, 3.05) is 13.2 Å². The Balaban J connectivity index is 2.31. The van der Waals surface area contributed by atoms with Crippen LogP contribution in [0.2, 0.25) is 0 Å². The van der Waals surface area contributed by atoms with Crippen LogP contribution < -0.4 is 15.2 Å². The minimum absolute atomic E-state index is 0.161. The number of carbonyl (C=O) groups is 2. The van der Waals surface area contributed by atoms with Crippen LogP contribution in [0.5, 0.6) is 11.5 Å². The first-order valence-corrected chi connectivity index (χ1v) is 6.88. The number of nitrogens with two attached hydrogens (primary N) is 1. The molecular formula is C15H21NO5. The second-order valence-electron chi connectivity index (χ2n) is 4.37. The number of primary amides is 1. The SMILES string of the molecule is CCOc1ccccc1OCCCC(=O)O[C@H](C)C(N)=O. The van der Waals surface area contributed by atoms with Gasteiger partial charge in [0.05, 0.1) is 13.2 Å². The minimum atomic E-state index is -0.905. The summed E-state index contributed by atoms with van der Waals surface area (Å²) >= 11 is 0. The van der Waals surface area contributed by atoms with Crippen molar-refractivity contribution in [3.63, 3.8) is 0 Å². The standard InChI is InChI=1S/C15H21NO5/c1-3-19-12-7-4-5-8-13(12)20-10-6-9-14(17)21-11(2)15(16)18/h4-5,7-8,11H,3,6,9-10H2,1-2H3,(H2,16,18)/t11-/m1/s1. The van der Waals surface area contributed by atoms with E-state index in [2.05, 4.69) is 0 Å². The summed E-state index contributed by atoms with van der Waals surface area (Å²) in [6, 6.07) is 7.33. The molecule has 0 saturated heterocycles. The van der Waals surface area contributed by atoms with Crippen molar-refractivity contribution in [3.05, 3.63) is 24.3 Å². The van der Waals surface area contributed by atoms with Crippen molar-refractivity contribution in [3.8, 4) is 11.5 Å².